The summed E-state index contributed by atoms with van der Waals surface area (Å²) in [6, 6.07) is 10.8. The van der Waals surface area contributed by atoms with E-state index < -0.39 is 0 Å². The Morgan fingerprint density at radius 3 is 2.00 bits per heavy atom. The maximum absolute atomic E-state index is 2.37. The summed E-state index contributed by atoms with van der Waals surface area (Å²) in [5, 5.41) is 0. The lowest BCUT2D eigenvalue weighted by Crippen LogP contribution is -1.87. The molecule has 0 aliphatic heterocycles. The first-order valence-electron chi connectivity index (χ1n) is 9.06. The molecule has 0 aliphatic rings. The van der Waals surface area contributed by atoms with Gasteiger partial charge in [-0.2, -0.15) is 0 Å². The molecule has 0 aromatic heterocycles. The van der Waals surface area contributed by atoms with Crippen molar-refractivity contribution in [2.75, 3.05) is 0 Å². The minimum Gasteiger partial charge on any atom is -0.0879 e. The highest BCUT2D eigenvalue weighted by Gasteiger charge is 1.98. The van der Waals surface area contributed by atoms with E-state index in [2.05, 4.69) is 56.3 Å². The van der Waals surface area contributed by atoms with E-state index in [1.54, 1.807) is 0 Å². The monoisotopic (exact) mass is 286 g/mol. The van der Waals surface area contributed by atoms with E-state index in [1.165, 1.54) is 69.8 Å². The predicted octanol–water partition coefficient (Wildman–Crippen LogP) is 7.27. The molecule has 0 bridgehead atoms. The second-order valence-electron chi connectivity index (χ2n) is 6.24. The van der Waals surface area contributed by atoms with Crippen molar-refractivity contribution in [3.05, 3.63) is 48.0 Å². The first-order chi connectivity index (χ1) is 10.3. The lowest BCUT2D eigenvalue weighted by Gasteiger charge is -2.05. The van der Waals surface area contributed by atoms with Gasteiger partial charge in [-0.3, -0.25) is 0 Å². The Labute approximate surface area is 132 Å². The molecule has 1 rings (SSSR count). The highest BCUT2D eigenvalue weighted by atomic mass is 14.0. The van der Waals surface area contributed by atoms with Crippen LogP contribution in [0.2, 0.25) is 0 Å². The minimum atomic E-state index is 0.546. The van der Waals surface area contributed by atoms with Gasteiger partial charge >= 0.3 is 0 Å². The van der Waals surface area contributed by atoms with Gasteiger partial charge < -0.3 is 0 Å². The highest BCUT2D eigenvalue weighted by Crippen LogP contribution is 2.16. The smallest absolute Gasteiger partial charge is 0.00104 e. The van der Waals surface area contributed by atoms with Gasteiger partial charge in [0.25, 0.3) is 0 Å². The fourth-order valence-electron chi connectivity index (χ4n) is 2.74. The molecule has 0 amide bonds. The summed E-state index contributed by atoms with van der Waals surface area (Å²) in [5.41, 5.74) is 1.42. The Balaban J connectivity index is 1.95. The molecule has 21 heavy (non-hydrogen) atoms. The molecule has 1 atom stereocenters. The van der Waals surface area contributed by atoms with Gasteiger partial charge in [0.15, 0.2) is 0 Å². The van der Waals surface area contributed by atoms with Crippen molar-refractivity contribution in [1.82, 2.24) is 0 Å². The van der Waals surface area contributed by atoms with Crippen LogP contribution in [0.25, 0.3) is 0 Å². The minimum absolute atomic E-state index is 0.546. The first-order valence-corrected chi connectivity index (χ1v) is 9.06. The SMILES string of the molecule is CCCCCCCCCCC/C=C/C(C)c1ccccc1. The zero-order valence-electron chi connectivity index (χ0n) is 14.2. The van der Waals surface area contributed by atoms with Gasteiger partial charge in [-0.05, 0) is 24.3 Å². The topological polar surface area (TPSA) is 0 Å². The van der Waals surface area contributed by atoms with Gasteiger partial charge in [0.1, 0.15) is 0 Å². The zero-order valence-corrected chi connectivity index (χ0v) is 14.2. The van der Waals surface area contributed by atoms with Crippen molar-refractivity contribution in [2.24, 2.45) is 0 Å². The van der Waals surface area contributed by atoms with Crippen molar-refractivity contribution in [3.63, 3.8) is 0 Å². The van der Waals surface area contributed by atoms with E-state index in [0.29, 0.717) is 5.92 Å². The third kappa shape index (κ3) is 9.50. The van der Waals surface area contributed by atoms with Crippen LogP contribution < -0.4 is 0 Å². The standard InChI is InChI=1S/C21H34/c1-3-4-5-6-7-8-9-10-11-12-14-17-20(2)21-18-15-13-16-19-21/h13-20H,3-12H2,1-2H3/b17-14+. The van der Waals surface area contributed by atoms with Gasteiger partial charge in [-0.25, -0.2) is 0 Å². The van der Waals surface area contributed by atoms with Crippen LogP contribution in [0.1, 0.15) is 89.5 Å². The molecular formula is C21H34. The van der Waals surface area contributed by atoms with E-state index >= 15 is 0 Å². The van der Waals surface area contributed by atoms with Crippen molar-refractivity contribution < 1.29 is 0 Å². The summed E-state index contributed by atoms with van der Waals surface area (Å²) in [5.74, 6) is 0.546. The van der Waals surface area contributed by atoms with E-state index in [0.717, 1.165) is 0 Å². The summed E-state index contributed by atoms with van der Waals surface area (Å²) in [6.45, 7) is 4.56. The van der Waals surface area contributed by atoms with Gasteiger partial charge in [0.2, 0.25) is 0 Å². The maximum atomic E-state index is 2.37. The predicted molar refractivity (Wildman–Crippen MR) is 95.8 cm³/mol. The van der Waals surface area contributed by atoms with Crippen LogP contribution in [0.3, 0.4) is 0 Å². The molecule has 0 nitrogen and oxygen atoms in total. The van der Waals surface area contributed by atoms with Crippen molar-refractivity contribution in [1.29, 1.82) is 0 Å². The number of unbranched alkanes of at least 4 members (excludes halogenated alkanes) is 9. The molecule has 1 aromatic carbocycles. The van der Waals surface area contributed by atoms with Crippen LogP contribution >= 0.6 is 0 Å². The average molecular weight is 287 g/mol. The Kier molecular flexibility index (Phi) is 10.9. The van der Waals surface area contributed by atoms with E-state index in [-0.39, 0.29) is 0 Å². The largest absolute Gasteiger partial charge is 0.0879 e. The van der Waals surface area contributed by atoms with Gasteiger partial charge in [-0.1, -0.05) is 108 Å². The fraction of sp³-hybridized carbons (Fsp3) is 0.619. The lowest BCUT2D eigenvalue weighted by atomic mass is 10.00. The molecule has 0 fully saturated rings. The number of benzene rings is 1. The third-order valence-electron chi connectivity index (χ3n) is 4.22. The quantitative estimate of drug-likeness (QED) is 0.280. The normalized spacial score (nSPS) is 12.9. The first kappa shape index (κ1) is 18.0. The zero-order chi connectivity index (χ0) is 15.2. The Morgan fingerprint density at radius 2 is 1.38 bits per heavy atom. The lowest BCUT2D eigenvalue weighted by molar-refractivity contribution is 0.566. The third-order valence-corrected chi connectivity index (χ3v) is 4.22. The van der Waals surface area contributed by atoms with Crippen LogP contribution in [0.5, 0.6) is 0 Å². The van der Waals surface area contributed by atoms with Crippen molar-refractivity contribution in [3.8, 4) is 0 Å². The molecule has 0 spiro atoms. The summed E-state index contributed by atoms with van der Waals surface area (Å²) in [7, 11) is 0. The average Bonchev–Trinajstić information content (AvgIpc) is 2.53. The number of allylic oxidation sites excluding steroid dienone is 2. The van der Waals surface area contributed by atoms with Crippen LogP contribution in [-0.2, 0) is 0 Å². The highest BCUT2D eigenvalue weighted by molar-refractivity contribution is 5.22. The summed E-state index contributed by atoms with van der Waals surface area (Å²) in [4.78, 5) is 0. The molecule has 0 radical (unpaired) electrons. The Morgan fingerprint density at radius 1 is 0.810 bits per heavy atom. The molecule has 1 aromatic rings. The van der Waals surface area contributed by atoms with Crippen molar-refractivity contribution >= 4 is 0 Å². The van der Waals surface area contributed by atoms with Gasteiger partial charge in [0, 0.05) is 0 Å². The van der Waals surface area contributed by atoms with Crippen LogP contribution in [0, 0.1) is 0 Å². The molecule has 118 valence electrons. The summed E-state index contributed by atoms with van der Waals surface area (Å²) < 4.78 is 0. The number of hydrogen-bond donors (Lipinski definition) is 0. The maximum Gasteiger partial charge on any atom is -0.00104 e. The number of rotatable bonds is 12. The molecule has 0 saturated carbocycles. The van der Waals surface area contributed by atoms with E-state index in [4.69, 9.17) is 0 Å². The molecule has 0 aliphatic carbocycles. The second-order valence-corrected chi connectivity index (χ2v) is 6.24. The molecule has 0 heteroatoms. The molecule has 0 saturated heterocycles. The molecule has 0 N–H and O–H groups in total. The fourth-order valence-corrected chi connectivity index (χ4v) is 2.74. The van der Waals surface area contributed by atoms with Crippen molar-refractivity contribution in [2.45, 2.75) is 84.0 Å². The number of hydrogen-bond acceptors (Lipinski definition) is 0. The second kappa shape index (κ2) is 12.7. The summed E-state index contributed by atoms with van der Waals surface area (Å²) >= 11 is 0. The van der Waals surface area contributed by atoms with Crippen LogP contribution in [0.4, 0.5) is 0 Å². The van der Waals surface area contributed by atoms with Crippen LogP contribution in [0.15, 0.2) is 42.5 Å². The Bertz CT molecular complexity index is 350. The molecular weight excluding hydrogens is 252 g/mol. The van der Waals surface area contributed by atoms with E-state index in [1.807, 2.05) is 0 Å². The Hall–Kier alpha value is -1.04. The van der Waals surface area contributed by atoms with Crippen LogP contribution in [-0.4, -0.2) is 0 Å². The van der Waals surface area contributed by atoms with E-state index in [9.17, 15) is 0 Å². The molecule has 0 heterocycles. The van der Waals surface area contributed by atoms with Gasteiger partial charge in [0.05, 0.1) is 0 Å². The summed E-state index contributed by atoms with van der Waals surface area (Å²) in [6.07, 6.45) is 18.7. The van der Waals surface area contributed by atoms with Gasteiger partial charge in [-0.15, -0.1) is 0 Å². The molecule has 1 unspecified atom stereocenters.